The zero-order valence-electron chi connectivity index (χ0n) is 14.7. The van der Waals surface area contributed by atoms with Crippen LogP contribution in [-0.2, 0) is 6.18 Å². The van der Waals surface area contributed by atoms with Gasteiger partial charge in [0.25, 0.3) is 0 Å². The number of hydrogen-bond donors (Lipinski definition) is 1. The zero-order chi connectivity index (χ0) is 20.7. The van der Waals surface area contributed by atoms with E-state index in [0.29, 0.717) is 23.0 Å². The summed E-state index contributed by atoms with van der Waals surface area (Å²) >= 11 is 0. The fraction of sp³-hybridized carbons (Fsp3) is 0.0526. The third-order valence-electron chi connectivity index (χ3n) is 3.55. The molecule has 3 rings (SSSR count). The van der Waals surface area contributed by atoms with Gasteiger partial charge in [0.05, 0.1) is 22.9 Å². The van der Waals surface area contributed by atoms with Crippen LogP contribution in [0, 0.1) is 11.3 Å². The highest BCUT2D eigenvalue weighted by atomic mass is 19.4. The Morgan fingerprint density at radius 1 is 1.03 bits per heavy atom. The van der Waals surface area contributed by atoms with E-state index < -0.39 is 11.7 Å². The number of pyridine rings is 2. The van der Waals surface area contributed by atoms with Gasteiger partial charge in [-0.3, -0.25) is 10.4 Å². The van der Waals surface area contributed by atoms with E-state index >= 15 is 0 Å². The number of azo groups is 1. The number of amidine groups is 1. The summed E-state index contributed by atoms with van der Waals surface area (Å²) in [6.07, 6.45) is -0.706. The average molecular weight is 395 g/mol. The van der Waals surface area contributed by atoms with Crippen LogP contribution in [0.15, 0.2) is 82.5 Å². The van der Waals surface area contributed by atoms with Crippen LogP contribution in [0.4, 0.5) is 24.7 Å². The Bertz CT molecular complexity index is 1050. The highest BCUT2D eigenvalue weighted by Crippen LogP contribution is 2.29. The monoisotopic (exact) mass is 395 g/mol. The lowest BCUT2D eigenvalue weighted by molar-refractivity contribution is -0.137. The van der Waals surface area contributed by atoms with E-state index in [0.717, 1.165) is 12.1 Å². The third-order valence-corrected chi connectivity index (χ3v) is 3.55. The lowest BCUT2D eigenvalue weighted by Crippen LogP contribution is -2.04. The number of benzene rings is 1. The molecule has 0 aliphatic heterocycles. The molecule has 29 heavy (non-hydrogen) atoms. The predicted octanol–water partition coefficient (Wildman–Crippen LogP) is 4.92. The van der Waals surface area contributed by atoms with E-state index in [2.05, 4.69) is 30.7 Å². The second kappa shape index (κ2) is 8.71. The molecular formula is C19H12F3N7. The summed E-state index contributed by atoms with van der Waals surface area (Å²) in [4.78, 5) is 7.64. The summed E-state index contributed by atoms with van der Waals surface area (Å²) in [6, 6.07) is 13.9. The van der Waals surface area contributed by atoms with E-state index in [9.17, 15) is 13.2 Å². The molecule has 144 valence electrons. The lowest BCUT2D eigenvalue weighted by atomic mass is 10.2. The van der Waals surface area contributed by atoms with E-state index in [1.807, 2.05) is 6.07 Å². The largest absolute Gasteiger partial charge is 0.417 e. The van der Waals surface area contributed by atoms with Crippen LogP contribution >= 0.6 is 0 Å². The summed E-state index contributed by atoms with van der Waals surface area (Å²) < 4.78 is 37.9. The van der Waals surface area contributed by atoms with Gasteiger partial charge in [-0.1, -0.05) is 0 Å². The third kappa shape index (κ3) is 5.43. The zero-order valence-corrected chi connectivity index (χ0v) is 14.7. The van der Waals surface area contributed by atoms with Crippen molar-refractivity contribution in [3.05, 3.63) is 83.8 Å². The van der Waals surface area contributed by atoms with Crippen molar-refractivity contribution in [3.63, 3.8) is 0 Å². The Hall–Kier alpha value is -4.13. The predicted molar refractivity (Wildman–Crippen MR) is 99.3 cm³/mol. The van der Waals surface area contributed by atoms with Crippen molar-refractivity contribution >= 4 is 17.3 Å². The summed E-state index contributed by atoms with van der Waals surface area (Å²) in [7, 11) is 0. The van der Waals surface area contributed by atoms with Gasteiger partial charge in [-0.05, 0) is 48.5 Å². The quantitative estimate of drug-likeness (QED) is 0.293. The number of hydrogen-bond acceptors (Lipinski definition) is 6. The van der Waals surface area contributed by atoms with Crippen molar-refractivity contribution in [1.82, 2.24) is 9.97 Å². The summed E-state index contributed by atoms with van der Waals surface area (Å²) in [5, 5.41) is 20.8. The van der Waals surface area contributed by atoms with Crippen molar-refractivity contribution in [2.75, 3.05) is 5.43 Å². The molecule has 7 nitrogen and oxygen atoms in total. The molecular weight excluding hydrogens is 383 g/mol. The molecule has 10 heteroatoms. The van der Waals surface area contributed by atoms with Crippen LogP contribution in [0.1, 0.15) is 16.7 Å². The Kier molecular flexibility index (Phi) is 5.89. The maximum atomic E-state index is 12.6. The molecule has 0 bridgehead atoms. The van der Waals surface area contributed by atoms with E-state index in [1.54, 1.807) is 42.6 Å². The van der Waals surface area contributed by atoms with E-state index in [-0.39, 0.29) is 11.7 Å². The van der Waals surface area contributed by atoms with Crippen molar-refractivity contribution in [1.29, 1.82) is 5.26 Å². The minimum absolute atomic E-state index is 0.00652. The first kappa shape index (κ1) is 19.6. The van der Waals surface area contributed by atoms with Crippen LogP contribution in [0.5, 0.6) is 0 Å². The first-order valence-electron chi connectivity index (χ1n) is 8.15. The second-order valence-electron chi connectivity index (χ2n) is 5.58. The maximum absolute atomic E-state index is 12.6. The topological polar surface area (TPSA) is 98.7 Å². The second-order valence-corrected chi connectivity index (χ2v) is 5.58. The smallest absolute Gasteiger partial charge is 0.276 e. The maximum Gasteiger partial charge on any atom is 0.417 e. The van der Waals surface area contributed by atoms with Crippen LogP contribution in [0.25, 0.3) is 0 Å². The minimum Gasteiger partial charge on any atom is -0.276 e. The van der Waals surface area contributed by atoms with Gasteiger partial charge in [0, 0.05) is 24.2 Å². The summed E-state index contributed by atoms with van der Waals surface area (Å²) in [5.41, 5.74) is 3.55. The highest BCUT2D eigenvalue weighted by molar-refractivity contribution is 5.99. The van der Waals surface area contributed by atoms with Crippen LogP contribution in [0.3, 0.4) is 0 Å². The molecule has 3 aromatic rings. The van der Waals surface area contributed by atoms with Crippen molar-refractivity contribution in [3.8, 4) is 6.07 Å². The number of hydrazone groups is 1. The van der Waals surface area contributed by atoms with E-state index in [1.165, 1.54) is 6.20 Å². The molecule has 0 atom stereocenters. The first-order valence-corrected chi connectivity index (χ1v) is 8.15. The molecule has 1 N–H and O–H groups in total. The van der Waals surface area contributed by atoms with Crippen molar-refractivity contribution in [2.24, 2.45) is 15.3 Å². The van der Waals surface area contributed by atoms with Crippen LogP contribution in [0.2, 0.25) is 0 Å². The van der Waals surface area contributed by atoms with Gasteiger partial charge in [0.2, 0.25) is 5.84 Å². The van der Waals surface area contributed by atoms with Crippen molar-refractivity contribution < 1.29 is 13.2 Å². The number of nitrogens with zero attached hydrogens (tertiary/aromatic N) is 6. The van der Waals surface area contributed by atoms with Gasteiger partial charge in [-0.15, -0.1) is 10.2 Å². The number of anilines is 1. The number of aromatic nitrogens is 2. The molecule has 0 saturated carbocycles. The Morgan fingerprint density at radius 3 is 2.41 bits per heavy atom. The standard InChI is InChI=1S/C19H12F3N7/c20-19(21,22)15-5-8-17(25-12-15)27-29-18(14-2-1-9-24-11-14)28-26-16-6-3-13(10-23)4-7-16/h1-9,11-12,26H. The molecule has 0 radical (unpaired) electrons. The Balaban J connectivity index is 1.84. The molecule has 0 saturated heterocycles. The van der Waals surface area contributed by atoms with Gasteiger partial charge < -0.3 is 0 Å². The number of alkyl halides is 3. The fourth-order valence-electron chi connectivity index (χ4n) is 2.09. The average Bonchev–Trinajstić information content (AvgIpc) is 2.74. The molecule has 2 heterocycles. The van der Waals surface area contributed by atoms with Crippen LogP contribution in [-0.4, -0.2) is 15.8 Å². The minimum atomic E-state index is -4.48. The summed E-state index contributed by atoms with van der Waals surface area (Å²) in [5.74, 6) is 0.136. The number of nitriles is 1. The van der Waals surface area contributed by atoms with Crippen molar-refractivity contribution in [2.45, 2.75) is 6.18 Å². The number of rotatable bonds is 4. The van der Waals surface area contributed by atoms with Gasteiger partial charge in [0.1, 0.15) is 0 Å². The normalized spacial score (nSPS) is 12.0. The van der Waals surface area contributed by atoms with Gasteiger partial charge >= 0.3 is 6.18 Å². The SMILES string of the molecule is N#Cc1ccc(NN=C(N=Nc2ccc(C(F)(F)F)cn2)c2cccnc2)cc1. The fourth-order valence-corrected chi connectivity index (χ4v) is 2.09. The van der Waals surface area contributed by atoms with E-state index in [4.69, 9.17) is 5.26 Å². The molecule has 0 amide bonds. The molecule has 0 unspecified atom stereocenters. The molecule has 0 fully saturated rings. The molecule has 0 aliphatic carbocycles. The summed E-state index contributed by atoms with van der Waals surface area (Å²) in [6.45, 7) is 0. The van der Waals surface area contributed by atoms with Gasteiger partial charge in [-0.25, -0.2) is 4.98 Å². The van der Waals surface area contributed by atoms with Gasteiger partial charge in [-0.2, -0.15) is 23.5 Å². The Labute approximate surface area is 163 Å². The van der Waals surface area contributed by atoms with Crippen LogP contribution < -0.4 is 5.43 Å². The molecule has 1 aromatic carbocycles. The van der Waals surface area contributed by atoms with Gasteiger partial charge in [0.15, 0.2) is 5.82 Å². The molecule has 0 spiro atoms. The number of halogens is 3. The lowest BCUT2D eigenvalue weighted by Gasteiger charge is -2.05. The highest BCUT2D eigenvalue weighted by Gasteiger charge is 2.30. The molecule has 2 aromatic heterocycles. The Morgan fingerprint density at radius 2 is 1.83 bits per heavy atom. The first-order chi connectivity index (χ1) is 14.0. The number of nitrogens with one attached hydrogen (secondary N) is 1. The molecule has 0 aliphatic rings.